The fraction of sp³-hybridized carbons (Fsp3) is 0.357. The van der Waals surface area contributed by atoms with Gasteiger partial charge in [0.05, 0.1) is 5.69 Å². The highest BCUT2D eigenvalue weighted by molar-refractivity contribution is 5.24. The molecule has 0 radical (unpaired) electrons. The Balaban J connectivity index is 1.99. The van der Waals surface area contributed by atoms with Gasteiger partial charge in [-0.05, 0) is 19.9 Å². The van der Waals surface area contributed by atoms with Crippen molar-refractivity contribution in [1.82, 2.24) is 15.1 Å². The van der Waals surface area contributed by atoms with E-state index in [0.29, 0.717) is 18.7 Å². The number of nitrogens with one attached hydrogen (secondary N) is 1. The van der Waals surface area contributed by atoms with Gasteiger partial charge in [-0.1, -0.05) is 18.2 Å². The molecule has 0 saturated heterocycles. The van der Waals surface area contributed by atoms with Gasteiger partial charge in [0.2, 0.25) is 0 Å². The van der Waals surface area contributed by atoms with E-state index >= 15 is 0 Å². The van der Waals surface area contributed by atoms with Gasteiger partial charge < -0.3 is 5.32 Å². The van der Waals surface area contributed by atoms with Crippen LogP contribution < -0.4 is 5.32 Å². The molecule has 4 heteroatoms. The van der Waals surface area contributed by atoms with E-state index in [4.69, 9.17) is 0 Å². The maximum absolute atomic E-state index is 13.4. The molecule has 0 bridgehead atoms. The highest BCUT2D eigenvalue weighted by atomic mass is 19.1. The molecule has 1 N–H and O–H groups in total. The normalized spacial score (nSPS) is 10.9. The SMILES string of the molecule is Cc1nn(C)c(C)c1CNCc1ccccc1F. The fourth-order valence-electron chi connectivity index (χ4n) is 2.04. The summed E-state index contributed by atoms with van der Waals surface area (Å²) in [5.74, 6) is -0.162. The Labute approximate surface area is 107 Å². The van der Waals surface area contributed by atoms with Gasteiger partial charge in [0.25, 0.3) is 0 Å². The smallest absolute Gasteiger partial charge is 0.127 e. The molecule has 18 heavy (non-hydrogen) atoms. The summed E-state index contributed by atoms with van der Waals surface area (Å²) in [5.41, 5.74) is 4.05. The van der Waals surface area contributed by atoms with Crippen molar-refractivity contribution < 1.29 is 4.39 Å². The molecule has 0 unspecified atom stereocenters. The maximum atomic E-state index is 13.4. The molecular weight excluding hydrogens is 229 g/mol. The second-order valence-electron chi connectivity index (χ2n) is 4.47. The lowest BCUT2D eigenvalue weighted by Crippen LogP contribution is -2.14. The molecule has 1 heterocycles. The summed E-state index contributed by atoms with van der Waals surface area (Å²) >= 11 is 0. The van der Waals surface area contributed by atoms with Gasteiger partial charge in [-0.2, -0.15) is 5.10 Å². The summed E-state index contributed by atoms with van der Waals surface area (Å²) in [6.07, 6.45) is 0. The number of aryl methyl sites for hydroxylation is 2. The summed E-state index contributed by atoms with van der Waals surface area (Å²) in [4.78, 5) is 0. The maximum Gasteiger partial charge on any atom is 0.127 e. The van der Waals surface area contributed by atoms with Crippen molar-refractivity contribution in [3.8, 4) is 0 Å². The Kier molecular flexibility index (Phi) is 3.77. The van der Waals surface area contributed by atoms with Crippen LogP contribution in [-0.4, -0.2) is 9.78 Å². The standard InChI is InChI=1S/C14H18FN3/c1-10-13(11(2)18(3)17-10)9-16-8-12-6-4-5-7-14(12)15/h4-7,16H,8-9H2,1-3H3. The third-order valence-electron chi connectivity index (χ3n) is 3.23. The van der Waals surface area contributed by atoms with Crippen LogP contribution in [0.15, 0.2) is 24.3 Å². The zero-order chi connectivity index (χ0) is 13.1. The van der Waals surface area contributed by atoms with E-state index in [2.05, 4.69) is 10.4 Å². The Morgan fingerprint density at radius 2 is 1.94 bits per heavy atom. The molecule has 96 valence electrons. The van der Waals surface area contributed by atoms with Crippen molar-refractivity contribution in [3.05, 3.63) is 52.6 Å². The first-order chi connectivity index (χ1) is 8.59. The summed E-state index contributed by atoms with van der Waals surface area (Å²) < 4.78 is 15.3. The van der Waals surface area contributed by atoms with Crippen molar-refractivity contribution in [1.29, 1.82) is 0 Å². The van der Waals surface area contributed by atoms with Gasteiger partial charge in [0, 0.05) is 37.0 Å². The topological polar surface area (TPSA) is 29.9 Å². The molecule has 1 aromatic heterocycles. The first-order valence-corrected chi connectivity index (χ1v) is 6.02. The van der Waals surface area contributed by atoms with E-state index < -0.39 is 0 Å². The number of hydrogen-bond donors (Lipinski definition) is 1. The van der Waals surface area contributed by atoms with Gasteiger partial charge in [-0.3, -0.25) is 4.68 Å². The van der Waals surface area contributed by atoms with Crippen LogP contribution in [0.2, 0.25) is 0 Å². The van der Waals surface area contributed by atoms with Crippen LogP contribution in [0.1, 0.15) is 22.5 Å². The number of hydrogen-bond acceptors (Lipinski definition) is 2. The van der Waals surface area contributed by atoms with E-state index in [1.807, 2.05) is 31.6 Å². The molecule has 0 aliphatic heterocycles. The van der Waals surface area contributed by atoms with Crippen molar-refractivity contribution in [2.75, 3.05) is 0 Å². The lowest BCUT2D eigenvalue weighted by Gasteiger charge is -2.06. The highest BCUT2D eigenvalue weighted by Gasteiger charge is 2.08. The molecule has 0 fully saturated rings. The molecule has 0 spiro atoms. The summed E-state index contributed by atoms with van der Waals surface area (Å²) in [6, 6.07) is 6.83. The summed E-state index contributed by atoms with van der Waals surface area (Å²) in [7, 11) is 1.93. The minimum atomic E-state index is -0.162. The first kappa shape index (κ1) is 12.8. The third kappa shape index (κ3) is 2.59. The molecule has 0 aliphatic carbocycles. The molecule has 1 aromatic carbocycles. The minimum Gasteiger partial charge on any atom is -0.308 e. The van der Waals surface area contributed by atoms with Crippen LogP contribution in [-0.2, 0) is 20.1 Å². The lowest BCUT2D eigenvalue weighted by molar-refractivity contribution is 0.587. The molecule has 0 aliphatic rings. The first-order valence-electron chi connectivity index (χ1n) is 6.02. The van der Waals surface area contributed by atoms with Crippen LogP contribution in [0.5, 0.6) is 0 Å². The van der Waals surface area contributed by atoms with Gasteiger partial charge in [0.15, 0.2) is 0 Å². The van der Waals surface area contributed by atoms with Crippen LogP contribution in [0.4, 0.5) is 4.39 Å². The Hall–Kier alpha value is -1.68. The predicted octanol–water partition coefficient (Wildman–Crippen LogP) is 2.47. The second kappa shape index (κ2) is 5.31. The minimum absolute atomic E-state index is 0.162. The van der Waals surface area contributed by atoms with Gasteiger partial charge in [0.1, 0.15) is 5.82 Å². The number of rotatable bonds is 4. The van der Waals surface area contributed by atoms with Gasteiger partial charge in [-0.25, -0.2) is 4.39 Å². The van der Waals surface area contributed by atoms with E-state index in [9.17, 15) is 4.39 Å². The number of nitrogens with zero attached hydrogens (tertiary/aromatic N) is 2. The van der Waals surface area contributed by atoms with Gasteiger partial charge >= 0.3 is 0 Å². The molecule has 3 nitrogen and oxygen atoms in total. The van der Waals surface area contributed by atoms with E-state index in [-0.39, 0.29) is 5.82 Å². The highest BCUT2D eigenvalue weighted by Crippen LogP contribution is 2.12. The van der Waals surface area contributed by atoms with Crippen molar-refractivity contribution in [3.63, 3.8) is 0 Å². The molecule has 2 rings (SSSR count). The Morgan fingerprint density at radius 3 is 2.56 bits per heavy atom. The molecule has 2 aromatic rings. The number of halogens is 1. The number of aromatic nitrogens is 2. The average Bonchev–Trinajstić information content (AvgIpc) is 2.58. The zero-order valence-electron chi connectivity index (χ0n) is 11.0. The predicted molar refractivity (Wildman–Crippen MR) is 69.6 cm³/mol. The monoisotopic (exact) mass is 247 g/mol. The van der Waals surface area contributed by atoms with Crippen LogP contribution in [0.25, 0.3) is 0 Å². The van der Waals surface area contributed by atoms with Crippen LogP contribution in [0.3, 0.4) is 0 Å². The van der Waals surface area contributed by atoms with Crippen molar-refractivity contribution in [2.45, 2.75) is 26.9 Å². The van der Waals surface area contributed by atoms with Crippen molar-refractivity contribution in [2.24, 2.45) is 7.05 Å². The molecular formula is C14H18FN3. The van der Waals surface area contributed by atoms with E-state index in [0.717, 1.165) is 11.4 Å². The Morgan fingerprint density at radius 1 is 1.22 bits per heavy atom. The Bertz CT molecular complexity index is 546. The van der Waals surface area contributed by atoms with E-state index in [1.54, 1.807) is 12.1 Å². The average molecular weight is 247 g/mol. The fourth-order valence-corrected chi connectivity index (χ4v) is 2.04. The summed E-state index contributed by atoms with van der Waals surface area (Å²) in [6.45, 7) is 5.27. The zero-order valence-corrected chi connectivity index (χ0v) is 11.0. The van der Waals surface area contributed by atoms with Gasteiger partial charge in [-0.15, -0.1) is 0 Å². The lowest BCUT2D eigenvalue weighted by atomic mass is 10.2. The van der Waals surface area contributed by atoms with Crippen LogP contribution >= 0.6 is 0 Å². The summed E-state index contributed by atoms with van der Waals surface area (Å²) in [5, 5.41) is 7.62. The van der Waals surface area contributed by atoms with Crippen molar-refractivity contribution >= 4 is 0 Å². The third-order valence-corrected chi connectivity index (χ3v) is 3.23. The van der Waals surface area contributed by atoms with Crippen LogP contribution in [0, 0.1) is 19.7 Å². The van der Waals surface area contributed by atoms with E-state index in [1.165, 1.54) is 11.6 Å². The number of benzene rings is 1. The molecule has 0 atom stereocenters. The second-order valence-corrected chi connectivity index (χ2v) is 4.47. The molecule has 0 amide bonds. The molecule has 0 saturated carbocycles. The quantitative estimate of drug-likeness (QED) is 0.899. The largest absolute Gasteiger partial charge is 0.308 e.